The summed E-state index contributed by atoms with van der Waals surface area (Å²) in [6, 6.07) is 0. The second-order valence-corrected chi connectivity index (χ2v) is 15.5. The van der Waals surface area contributed by atoms with Crippen molar-refractivity contribution in [2.24, 2.45) is 0 Å². The van der Waals surface area contributed by atoms with E-state index < -0.39 is 6.10 Å². The summed E-state index contributed by atoms with van der Waals surface area (Å²) >= 11 is 0. The Morgan fingerprint density at radius 2 is 0.808 bits per heavy atom. The van der Waals surface area contributed by atoms with Gasteiger partial charge in [-0.1, -0.05) is 217 Å². The molecule has 0 radical (unpaired) electrons. The number of unbranched alkanes of at least 4 members (excludes halogenated alkanes) is 29. The molecule has 4 heteroatoms. The standard InChI is InChI=1S/C48H90O4/c1-3-5-7-9-11-13-15-17-19-21-22-23-24-25-26-27-29-31-33-35-37-39-41-43-48(50)52-47(45-49)46-51-44-42-40-38-36-34-32-30-28-20-18-16-14-12-10-8-6-4-2/h15,17,21-22,24-25,47,49H,3-14,16,18-20,23,26-46H2,1-2H3/b17-15-,22-21-,25-24-. The fourth-order valence-corrected chi connectivity index (χ4v) is 6.75. The summed E-state index contributed by atoms with van der Waals surface area (Å²) < 4.78 is 11.2. The fourth-order valence-electron chi connectivity index (χ4n) is 6.75. The van der Waals surface area contributed by atoms with Crippen LogP contribution in [0.1, 0.15) is 239 Å². The molecule has 1 N–H and O–H groups in total. The molecule has 0 heterocycles. The minimum absolute atomic E-state index is 0.172. The average molecular weight is 731 g/mol. The second kappa shape index (κ2) is 45.8. The largest absolute Gasteiger partial charge is 0.457 e. The first-order valence-electron chi connectivity index (χ1n) is 23.1. The Hall–Kier alpha value is -1.39. The zero-order valence-corrected chi connectivity index (χ0v) is 35.1. The summed E-state index contributed by atoms with van der Waals surface area (Å²) in [5.74, 6) is -0.204. The second-order valence-electron chi connectivity index (χ2n) is 15.5. The molecule has 0 saturated heterocycles. The molecule has 0 aromatic carbocycles. The van der Waals surface area contributed by atoms with Crippen LogP contribution < -0.4 is 0 Å². The predicted molar refractivity (Wildman–Crippen MR) is 228 cm³/mol. The Kier molecular flexibility index (Phi) is 44.5. The highest BCUT2D eigenvalue weighted by Crippen LogP contribution is 2.15. The van der Waals surface area contributed by atoms with Crippen molar-refractivity contribution in [3.8, 4) is 0 Å². The minimum atomic E-state index is -0.536. The molecule has 0 spiro atoms. The zero-order valence-electron chi connectivity index (χ0n) is 35.1. The quantitative estimate of drug-likeness (QED) is 0.0385. The van der Waals surface area contributed by atoms with E-state index in [0.29, 0.717) is 19.6 Å². The molecular formula is C48H90O4. The van der Waals surface area contributed by atoms with E-state index in [0.717, 1.165) is 32.1 Å². The van der Waals surface area contributed by atoms with Gasteiger partial charge in [-0.15, -0.1) is 0 Å². The highest BCUT2D eigenvalue weighted by Gasteiger charge is 2.13. The molecule has 52 heavy (non-hydrogen) atoms. The van der Waals surface area contributed by atoms with Crippen molar-refractivity contribution in [2.45, 2.75) is 245 Å². The van der Waals surface area contributed by atoms with Crippen LogP contribution in [0.15, 0.2) is 36.5 Å². The topological polar surface area (TPSA) is 55.8 Å². The highest BCUT2D eigenvalue weighted by atomic mass is 16.6. The molecule has 0 aliphatic carbocycles. The van der Waals surface area contributed by atoms with Gasteiger partial charge in [-0.25, -0.2) is 0 Å². The summed E-state index contributed by atoms with van der Waals surface area (Å²) in [7, 11) is 0. The van der Waals surface area contributed by atoms with Crippen LogP contribution in [0.2, 0.25) is 0 Å². The van der Waals surface area contributed by atoms with Crippen molar-refractivity contribution >= 4 is 5.97 Å². The molecule has 1 atom stereocenters. The lowest BCUT2D eigenvalue weighted by Crippen LogP contribution is -2.27. The monoisotopic (exact) mass is 731 g/mol. The van der Waals surface area contributed by atoms with Crippen molar-refractivity contribution in [2.75, 3.05) is 19.8 Å². The van der Waals surface area contributed by atoms with E-state index in [9.17, 15) is 9.90 Å². The molecule has 306 valence electrons. The molecule has 0 aliphatic rings. The van der Waals surface area contributed by atoms with Gasteiger partial charge in [0.2, 0.25) is 0 Å². The van der Waals surface area contributed by atoms with Gasteiger partial charge < -0.3 is 14.6 Å². The summed E-state index contributed by atoms with van der Waals surface area (Å²) in [5, 5.41) is 9.62. The Morgan fingerprint density at radius 1 is 0.462 bits per heavy atom. The van der Waals surface area contributed by atoms with Gasteiger partial charge in [-0.3, -0.25) is 4.79 Å². The van der Waals surface area contributed by atoms with E-state index in [2.05, 4.69) is 50.3 Å². The first kappa shape index (κ1) is 50.6. The lowest BCUT2D eigenvalue weighted by atomic mass is 10.0. The molecule has 0 aromatic rings. The van der Waals surface area contributed by atoms with E-state index in [4.69, 9.17) is 9.47 Å². The molecule has 0 bridgehead atoms. The lowest BCUT2D eigenvalue weighted by molar-refractivity contribution is -0.154. The SMILES string of the molecule is CCCCCCC/C=C\C/C=C\C/C=C\CCCCCCCCCCC(=O)OC(CO)COCCCCCCCCCCCCCCCCCCC. The Balaban J connectivity index is 3.43. The van der Waals surface area contributed by atoms with Gasteiger partial charge in [0.25, 0.3) is 0 Å². The third-order valence-corrected chi connectivity index (χ3v) is 10.2. The van der Waals surface area contributed by atoms with Crippen molar-refractivity contribution in [1.82, 2.24) is 0 Å². The normalized spacial score (nSPS) is 12.6. The van der Waals surface area contributed by atoms with Crippen LogP contribution in [-0.2, 0) is 14.3 Å². The van der Waals surface area contributed by atoms with Crippen molar-refractivity contribution in [1.29, 1.82) is 0 Å². The van der Waals surface area contributed by atoms with Crippen molar-refractivity contribution in [3.05, 3.63) is 36.5 Å². The van der Waals surface area contributed by atoms with Crippen LogP contribution in [0, 0.1) is 0 Å². The number of hydrogen-bond acceptors (Lipinski definition) is 4. The Bertz CT molecular complexity index is 772. The van der Waals surface area contributed by atoms with Gasteiger partial charge in [0, 0.05) is 13.0 Å². The molecule has 0 aliphatic heterocycles. The maximum absolute atomic E-state index is 12.2. The van der Waals surface area contributed by atoms with Gasteiger partial charge in [0.15, 0.2) is 0 Å². The summed E-state index contributed by atoms with van der Waals surface area (Å²) in [5.41, 5.74) is 0. The van der Waals surface area contributed by atoms with E-state index in [1.54, 1.807) is 0 Å². The van der Waals surface area contributed by atoms with Crippen LogP contribution in [0.3, 0.4) is 0 Å². The number of allylic oxidation sites excluding steroid dienone is 6. The maximum atomic E-state index is 12.2. The number of aliphatic hydroxyl groups excluding tert-OH is 1. The van der Waals surface area contributed by atoms with Crippen LogP contribution in [-0.4, -0.2) is 37.0 Å². The first-order chi connectivity index (χ1) is 25.7. The van der Waals surface area contributed by atoms with Gasteiger partial charge >= 0.3 is 5.97 Å². The minimum Gasteiger partial charge on any atom is -0.457 e. The molecule has 0 rings (SSSR count). The molecular weight excluding hydrogens is 641 g/mol. The molecule has 0 aromatic heterocycles. The van der Waals surface area contributed by atoms with Crippen LogP contribution in [0.5, 0.6) is 0 Å². The zero-order chi connectivity index (χ0) is 37.7. The van der Waals surface area contributed by atoms with Gasteiger partial charge in [0.05, 0.1) is 13.2 Å². The molecule has 4 nitrogen and oxygen atoms in total. The van der Waals surface area contributed by atoms with E-state index in [-0.39, 0.29) is 12.6 Å². The summed E-state index contributed by atoms with van der Waals surface area (Å²) in [6.45, 7) is 5.36. The number of hydrogen-bond donors (Lipinski definition) is 1. The number of esters is 1. The highest BCUT2D eigenvalue weighted by molar-refractivity contribution is 5.69. The number of carbonyl (C=O) groups excluding carboxylic acids is 1. The van der Waals surface area contributed by atoms with Crippen LogP contribution in [0.25, 0.3) is 0 Å². The van der Waals surface area contributed by atoms with Crippen molar-refractivity contribution < 1.29 is 19.4 Å². The third kappa shape index (κ3) is 43.0. The number of aliphatic hydroxyl groups is 1. The first-order valence-corrected chi connectivity index (χ1v) is 23.1. The number of rotatable bonds is 43. The van der Waals surface area contributed by atoms with Gasteiger partial charge in [-0.2, -0.15) is 0 Å². The third-order valence-electron chi connectivity index (χ3n) is 10.2. The van der Waals surface area contributed by atoms with E-state index in [1.807, 2.05) is 0 Å². The molecule has 0 saturated carbocycles. The smallest absolute Gasteiger partial charge is 0.306 e. The summed E-state index contributed by atoms with van der Waals surface area (Å²) in [4.78, 5) is 12.2. The van der Waals surface area contributed by atoms with Crippen LogP contribution >= 0.6 is 0 Å². The number of ether oxygens (including phenoxy) is 2. The Labute approximate surface area is 325 Å². The van der Waals surface area contributed by atoms with Gasteiger partial charge in [0.1, 0.15) is 6.10 Å². The lowest BCUT2D eigenvalue weighted by Gasteiger charge is -2.16. The predicted octanol–water partition coefficient (Wildman–Crippen LogP) is 15.3. The Morgan fingerprint density at radius 3 is 1.21 bits per heavy atom. The van der Waals surface area contributed by atoms with Crippen LogP contribution in [0.4, 0.5) is 0 Å². The fraction of sp³-hybridized carbons (Fsp3) is 0.854. The average Bonchev–Trinajstić information content (AvgIpc) is 3.15. The van der Waals surface area contributed by atoms with Gasteiger partial charge in [-0.05, 0) is 51.4 Å². The van der Waals surface area contributed by atoms with E-state index >= 15 is 0 Å². The maximum Gasteiger partial charge on any atom is 0.306 e. The molecule has 0 fully saturated rings. The van der Waals surface area contributed by atoms with Crippen molar-refractivity contribution in [3.63, 3.8) is 0 Å². The summed E-state index contributed by atoms with van der Waals surface area (Å²) in [6.07, 6.45) is 57.8. The molecule has 0 amide bonds. The number of carbonyl (C=O) groups is 1. The van der Waals surface area contributed by atoms with E-state index in [1.165, 1.54) is 186 Å². The molecule has 1 unspecified atom stereocenters.